The first kappa shape index (κ1) is 13.7. The van der Waals surface area contributed by atoms with E-state index in [1.807, 2.05) is 6.20 Å². The Labute approximate surface area is 115 Å². The summed E-state index contributed by atoms with van der Waals surface area (Å²) in [5, 5.41) is 0. The predicted molar refractivity (Wildman–Crippen MR) is 78.4 cm³/mol. The minimum Gasteiger partial charge on any atom is -0.356 e. The molecular formula is C15H23ClN2. The van der Waals surface area contributed by atoms with Gasteiger partial charge in [-0.3, -0.25) is 0 Å². The Morgan fingerprint density at radius 3 is 2.56 bits per heavy atom. The van der Waals surface area contributed by atoms with Crippen LogP contribution in [0.15, 0.2) is 12.3 Å². The van der Waals surface area contributed by atoms with Gasteiger partial charge >= 0.3 is 0 Å². The van der Waals surface area contributed by atoms with Gasteiger partial charge in [-0.1, -0.05) is 20.3 Å². The van der Waals surface area contributed by atoms with Crippen molar-refractivity contribution in [2.24, 2.45) is 5.41 Å². The lowest BCUT2D eigenvalue weighted by Crippen LogP contribution is -2.39. The van der Waals surface area contributed by atoms with Crippen LogP contribution < -0.4 is 4.90 Å². The summed E-state index contributed by atoms with van der Waals surface area (Å²) in [7, 11) is 0. The van der Waals surface area contributed by atoms with Crippen LogP contribution in [0.25, 0.3) is 0 Å². The van der Waals surface area contributed by atoms with Crippen LogP contribution in [-0.2, 0) is 5.88 Å². The Balaban J connectivity index is 2.10. The van der Waals surface area contributed by atoms with E-state index in [1.54, 1.807) is 0 Å². The highest BCUT2D eigenvalue weighted by Gasteiger charge is 2.29. The van der Waals surface area contributed by atoms with Gasteiger partial charge in [0.25, 0.3) is 0 Å². The second kappa shape index (κ2) is 5.48. The highest BCUT2D eigenvalue weighted by atomic mass is 35.5. The van der Waals surface area contributed by atoms with Gasteiger partial charge in [-0.15, -0.1) is 11.6 Å². The van der Waals surface area contributed by atoms with E-state index in [-0.39, 0.29) is 0 Å². The maximum Gasteiger partial charge on any atom is 0.131 e. The third kappa shape index (κ3) is 2.80. The third-order valence-corrected chi connectivity index (χ3v) is 4.69. The van der Waals surface area contributed by atoms with Crippen LogP contribution in [0.5, 0.6) is 0 Å². The van der Waals surface area contributed by atoms with Crippen molar-refractivity contribution < 1.29 is 0 Å². The largest absolute Gasteiger partial charge is 0.356 e. The summed E-state index contributed by atoms with van der Waals surface area (Å²) in [5.74, 6) is 1.68. The number of pyridine rings is 1. The van der Waals surface area contributed by atoms with Gasteiger partial charge in [0.15, 0.2) is 0 Å². The Kier molecular flexibility index (Phi) is 4.16. The molecular weight excluding hydrogens is 244 g/mol. The average Bonchev–Trinajstić information content (AvgIpc) is 2.40. The minimum atomic E-state index is 0.528. The molecule has 0 bridgehead atoms. The molecule has 1 aromatic rings. The van der Waals surface area contributed by atoms with E-state index < -0.39 is 0 Å². The van der Waals surface area contributed by atoms with Gasteiger partial charge in [0.2, 0.25) is 0 Å². The summed E-state index contributed by atoms with van der Waals surface area (Å²) < 4.78 is 0. The molecule has 1 saturated heterocycles. The lowest BCUT2D eigenvalue weighted by atomic mass is 9.78. The Hall–Kier alpha value is -0.760. The van der Waals surface area contributed by atoms with Crippen LogP contribution in [0.2, 0.25) is 0 Å². The third-order valence-electron chi connectivity index (χ3n) is 4.39. The molecule has 1 aromatic heterocycles. The number of nitrogens with zero attached hydrogens (tertiary/aromatic N) is 2. The summed E-state index contributed by atoms with van der Waals surface area (Å²) in [6.07, 6.45) is 5.71. The van der Waals surface area contributed by atoms with Gasteiger partial charge in [-0.2, -0.15) is 0 Å². The smallest absolute Gasteiger partial charge is 0.131 e. The van der Waals surface area contributed by atoms with Crippen molar-refractivity contribution in [3.63, 3.8) is 0 Å². The fourth-order valence-electron chi connectivity index (χ4n) is 2.64. The maximum absolute atomic E-state index is 5.84. The molecule has 0 radical (unpaired) electrons. The van der Waals surface area contributed by atoms with Crippen molar-refractivity contribution in [1.82, 2.24) is 4.98 Å². The van der Waals surface area contributed by atoms with Gasteiger partial charge in [-0.05, 0) is 42.4 Å². The van der Waals surface area contributed by atoms with Crippen LogP contribution in [0, 0.1) is 12.3 Å². The number of aromatic nitrogens is 1. The van der Waals surface area contributed by atoms with E-state index in [1.165, 1.54) is 24.8 Å². The van der Waals surface area contributed by atoms with Crippen LogP contribution in [-0.4, -0.2) is 18.1 Å². The first-order valence-corrected chi connectivity index (χ1v) is 7.38. The minimum absolute atomic E-state index is 0.528. The lowest BCUT2D eigenvalue weighted by Gasteiger charge is -2.40. The summed E-state index contributed by atoms with van der Waals surface area (Å²) in [4.78, 5) is 7.01. The normalized spacial score (nSPS) is 19.0. The zero-order valence-electron chi connectivity index (χ0n) is 11.7. The Morgan fingerprint density at radius 1 is 1.39 bits per heavy atom. The monoisotopic (exact) mass is 266 g/mol. The van der Waals surface area contributed by atoms with Gasteiger partial charge < -0.3 is 4.90 Å². The number of rotatable bonds is 3. The van der Waals surface area contributed by atoms with Crippen LogP contribution in [0.1, 0.15) is 44.2 Å². The van der Waals surface area contributed by atoms with Gasteiger partial charge in [0.1, 0.15) is 5.82 Å². The SMILES string of the molecule is CCC1(C)CCN(c2ncc(CCl)cc2C)CC1. The second-order valence-electron chi connectivity index (χ2n) is 5.77. The number of piperidine rings is 1. The quantitative estimate of drug-likeness (QED) is 0.765. The molecule has 2 nitrogen and oxygen atoms in total. The van der Waals surface area contributed by atoms with E-state index in [0.29, 0.717) is 11.3 Å². The second-order valence-corrected chi connectivity index (χ2v) is 6.04. The highest BCUT2D eigenvalue weighted by Crippen LogP contribution is 2.35. The first-order chi connectivity index (χ1) is 8.58. The predicted octanol–water partition coefficient (Wildman–Crippen LogP) is 4.15. The van der Waals surface area contributed by atoms with Gasteiger partial charge in [-0.25, -0.2) is 4.98 Å². The van der Waals surface area contributed by atoms with E-state index in [4.69, 9.17) is 11.6 Å². The summed E-state index contributed by atoms with van der Waals surface area (Å²) in [6, 6.07) is 2.16. The van der Waals surface area contributed by atoms with E-state index >= 15 is 0 Å². The van der Waals surface area contributed by atoms with Crippen molar-refractivity contribution in [1.29, 1.82) is 0 Å². The van der Waals surface area contributed by atoms with Gasteiger partial charge in [0, 0.05) is 25.2 Å². The molecule has 0 spiro atoms. The number of hydrogen-bond donors (Lipinski definition) is 0. The molecule has 2 rings (SSSR count). The van der Waals surface area contributed by atoms with Crippen LogP contribution in [0.3, 0.4) is 0 Å². The molecule has 18 heavy (non-hydrogen) atoms. The molecule has 0 atom stereocenters. The summed E-state index contributed by atoms with van der Waals surface area (Å²) in [5.41, 5.74) is 2.88. The molecule has 1 aliphatic heterocycles. The van der Waals surface area contributed by atoms with Crippen molar-refractivity contribution >= 4 is 17.4 Å². The molecule has 0 unspecified atom stereocenters. The molecule has 1 fully saturated rings. The zero-order valence-corrected chi connectivity index (χ0v) is 12.4. The van der Waals surface area contributed by atoms with E-state index in [2.05, 4.69) is 36.7 Å². The van der Waals surface area contributed by atoms with Gasteiger partial charge in [0.05, 0.1) is 0 Å². The number of aryl methyl sites for hydroxylation is 1. The molecule has 2 heterocycles. The van der Waals surface area contributed by atoms with Crippen LogP contribution >= 0.6 is 11.6 Å². The molecule has 0 N–H and O–H groups in total. The number of hydrogen-bond acceptors (Lipinski definition) is 2. The average molecular weight is 267 g/mol. The number of halogens is 1. The molecule has 0 aliphatic carbocycles. The van der Waals surface area contributed by atoms with E-state index in [9.17, 15) is 0 Å². The summed E-state index contributed by atoms with van der Waals surface area (Å²) >= 11 is 5.84. The maximum atomic E-state index is 5.84. The first-order valence-electron chi connectivity index (χ1n) is 6.84. The molecule has 1 aliphatic rings. The van der Waals surface area contributed by atoms with Crippen molar-refractivity contribution in [2.45, 2.75) is 45.9 Å². The summed E-state index contributed by atoms with van der Waals surface area (Å²) in [6.45, 7) is 9.08. The van der Waals surface area contributed by atoms with Crippen LogP contribution in [0.4, 0.5) is 5.82 Å². The number of anilines is 1. The number of alkyl halides is 1. The van der Waals surface area contributed by atoms with Crippen molar-refractivity contribution in [3.05, 3.63) is 23.4 Å². The topological polar surface area (TPSA) is 16.1 Å². The highest BCUT2D eigenvalue weighted by molar-refractivity contribution is 6.17. The van der Waals surface area contributed by atoms with Crippen molar-refractivity contribution in [2.75, 3.05) is 18.0 Å². The standard InChI is InChI=1S/C15H23ClN2/c1-4-15(3)5-7-18(8-6-15)14-12(2)9-13(10-16)11-17-14/h9,11H,4-8,10H2,1-3H3. The fourth-order valence-corrected chi connectivity index (χ4v) is 2.79. The fraction of sp³-hybridized carbons (Fsp3) is 0.667. The molecule has 3 heteroatoms. The Morgan fingerprint density at radius 2 is 2.06 bits per heavy atom. The zero-order chi connectivity index (χ0) is 13.2. The molecule has 0 amide bonds. The molecule has 0 saturated carbocycles. The van der Waals surface area contributed by atoms with Crippen molar-refractivity contribution in [3.8, 4) is 0 Å². The Bertz CT molecular complexity index is 409. The molecule has 100 valence electrons. The lowest BCUT2D eigenvalue weighted by molar-refractivity contribution is 0.237. The molecule has 0 aromatic carbocycles. The van der Waals surface area contributed by atoms with E-state index in [0.717, 1.165) is 24.5 Å².